The van der Waals surface area contributed by atoms with Crippen molar-refractivity contribution in [2.75, 3.05) is 32.8 Å². The van der Waals surface area contributed by atoms with Gasteiger partial charge in [0, 0.05) is 31.2 Å². The molecule has 0 unspecified atom stereocenters. The zero-order chi connectivity index (χ0) is 20.3. The van der Waals surface area contributed by atoms with Crippen LogP contribution in [0.3, 0.4) is 0 Å². The van der Waals surface area contributed by atoms with Gasteiger partial charge in [-0.3, -0.25) is 4.79 Å². The minimum atomic E-state index is -3.64. The molecule has 3 rings (SSSR count). The SMILES string of the molecule is O=C(COc1ccc(F)cc1Cl)N1CCN(S(=O)(=O)c2ccc(Cl)cc2)CC1. The Hall–Kier alpha value is -1.87. The number of amides is 1. The van der Waals surface area contributed by atoms with E-state index in [0.717, 1.165) is 6.07 Å². The predicted molar refractivity (Wildman–Crippen MR) is 104 cm³/mol. The molecule has 1 saturated heterocycles. The molecule has 1 aliphatic heterocycles. The maximum absolute atomic E-state index is 13.0. The highest BCUT2D eigenvalue weighted by atomic mass is 35.5. The van der Waals surface area contributed by atoms with Crippen LogP contribution in [0.25, 0.3) is 0 Å². The first kappa shape index (κ1) is 20.9. The Morgan fingerprint density at radius 1 is 1.04 bits per heavy atom. The number of sulfonamides is 1. The van der Waals surface area contributed by atoms with Crippen LogP contribution in [0.5, 0.6) is 5.75 Å². The summed E-state index contributed by atoms with van der Waals surface area (Å²) in [6.07, 6.45) is 0. The number of carbonyl (C=O) groups excluding carboxylic acids is 1. The van der Waals surface area contributed by atoms with Crippen LogP contribution in [0.15, 0.2) is 47.4 Å². The molecule has 1 heterocycles. The van der Waals surface area contributed by atoms with Crippen LogP contribution in [0, 0.1) is 5.82 Å². The Labute approximate surface area is 172 Å². The van der Waals surface area contributed by atoms with E-state index in [2.05, 4.69) is 0 Å². The molecule has 0 radical (unpaired) electrons. The second-order valence-corrected chi connectivity index (χ2v) is 8.88. The van der Waals surface area contributed by atoms with Crippen LogP contribution >= 0.6 is 23.2 Å². The minimum absolute atomic E-state index is 0.0756. The Balaban J connectivity index is 1.55. The highest BCUT2D eigenvalue weighted by Crippen LogP contribution is 2.25. The van der Waals surface area contributed by atoms with Gasteiger partial charge in [-0.2, -0.15) is 4.31 Å². The van der Waals surface area contributed by atoms with E-state index < -0.39 is 15.8 Å². The number of ether oxygens (including phenoxy) is 1. The number of halogens is 3. The van der Waals surface area contributed by atoms with Crippen molar-refractivity contribution >= 4 is 39.1 Å². The van der Waals surface area contributed by atoms with Gasteiger partial charge in [0.1, 0.15) is 11.6 Å². The Kier molecular flexibility index (Phi) is 6.44. The molecule has 0 atom stereocenters. The van der Waals surface area contributed by atoms with Crippen LogP contribution < -0.4 is 4.74 Å². The van der Waals surface area contributed by atoms with Gasteiger partial charge in [0.25, 0.3) is 5.91 Å². The van der Waals surface area contributed by atoms with Crippen molar-refractivity contribution in [1.29, 1.82) is 0 Å². The van der Waals surface area contributed by atoms with Crippen molar-refractivity contribution in [2.24, 2.45) is 0 Å². The molecule has 0 spiro atoms. The zero-order valence-electron chi connectivity index (χ0n) is 14.6. The van der Waals surface area contributed by atoms with E-state index in [-0.39, 0.29) is 54.4 Å². The van der Waals surface area contributed by atoms with Crippen molar-refractivity contribution in [3.63, 3.8) is 0 Å². The lowest BCUT2D eigenvalue weighted by Gasteiger charge is -2.34. The van der Waals surface area contributed by atoms with Gasteiger partial charge in [0.05, 0.1) is 9.92 Å². The number of hydrogen-bond acceptors (Lipinski definition) is 4. The highest BCUT2D eigenvalue weighted by Gasteiger charge is 2.30. The molecule has 0 saturated carbocycles. The average molecular weight is 447 g/mol. The van der Waals surface area contributed by atoms with Gasteiger partial charge in [-0.25, -0.2) is 12.8 Å². The monoisotopic (exact) mass is 446 g/mol. The second kappa shape index (κ2) is 8.65. The Morgan fingerprint density at radius 2 is 1.68 bits per heavy atom. The predicted octanol–water partition coefficient (Wildman–Crippen LogP) is 3.04. The van der Waals surface area contributed by atoms with Crippen molar-refractivity contribution in [1.82, 2.24) is 9.21 Å². The van der Waals surface area contributed by atoms with Crippen molar-refractivity contribution in [3.8, 4) is 5.75 Å². The summed E-state index contributed by atoms with van der Waals surface area (Å²) in [4.78, 5) is 14.0. The summed E-state index contributed by atoms with van der Waals surface area (Å²) in [7, 11) is -3.64. The molecular formula is C18H17Cl2FN2O4S. The number of nitrogens with zero attached hydrogens (tertiary/aromatic N) is 2. The van der Waals surface area contributed by atoms with Crippen LogP contribution in [0.4, 0.5) is 4.39 Å². The lowest BCUT2D eigenvalue weighted by molar-refractivity contribution is -0.134. The fraction of sp³-hybridized carbons (Fsp3) is 0.278. The van der Waals surface area contributed by atoms with E-state index in [0.29, 0.717) is 5.02 Å². The molecule has 2 aromatic rings. The molecule has 0 aliphatic carbocycles. The highest BCUT2D eigenvalue weighted by molar-refractivity contribution is 7.89. The van der Waals surface area contributed by atoms with Crippen molar-refractivity contribution < 1.29 is 22.3 Å². The molecule has 10 heteroatoms. The summed E-state index contributed by atoms with van der Waals surface area (Å²) in [5.74, 6) is -0.592. The summed E-state index contributed by atoms with van der Waals surface area (Å²) in [5, 5.41) is 0.530. The number of carbonyl (C=O) groups is 1. The molecule has 6 nitrogen and oxygen atoms in total. The van der Waals surface area contributed by atoms with E-state index in [4.69, 9.17) is 27.9 Å². The van der Waals surface area contributed by atoms with E-state index in [9.17, 15) is 17.6 Å². The van der Waals surface area contributed by atoms with Gasteiger partial charge in [-0.15, -0.1) is 0 Å². The largest absolute Gasteiger partial charge is 0.482 e. The Morgan fingerprint density at radius 3 is 2.29 bits per heavy atom. The first-order valence-electron chi connectivity index (χ1n) is 8.39. The van der Waals surface area contributed by atoms with Crippen LogP contribution in [0.1, 0.15) is 0 Å². The van der Waals surface area contributed by atoms with Crippen LogP contribution in [-0.4, -0.2) is 56.3 Å². The van der Waals surface area contributed by atoms with Gasteiger partial charge in [0.15, 0.2) is 6.61 Å². The number of piperazine rings is 1. The Bertz CT molecular complexity index is 962. The third-order valence-electron chi connectivity index (χ3n) is 4.29. The third-order valence-corrected chi connectivity index (χ3v) is 6.75. The fourth-order valence-electron chi connectivity index (χ4n) is 2.76. The molecule has 1 fully saturated rings. The molecule has 0 N–H and O–H groups in total. The minimum Gasteiger partial charge on any atom is -0.482 e. The van der Waals surface area contributed by atoms with Crippen molar-refractivity contribution in [2.45, 2.75) is 4.90 Å². The quantitative estimate of drug-likeness (QED) is 0.707. The molecular weight excluding hydrogens is 430 g/mol. The molecule has 1 amide bonds. The van der Waals surface area contributed by atoms with Gasteiger partial charge >= 0.3 is 0 Å². The average Bonchev–Trinajstić information content (AvgIpc) is 2.67. The first-order valence-corrected chi connectivity index (χ1v) is 10.6. The maximum atomic E-state index is 13.0. The molecule has 0 aromatic heterocycles. The smallest absolute Gasteiger partial charge is 0.260 e. The standard InChI is InChI=1S/C18H17Cl2FN2O4S/c19-13-1-4-15(5-2-13)28(25,26)23-9-7-22(8-10-23)18(24)12-27-17-6-3-14(21)11-16(17)20/h1-6,11H,7-10,12H2. The van der Waals surface area contributed by atoms with Crippen LogP contribution in [0.2, 0.25) is 10.0 Å². The summed E-state index contributed by atoms with van der Waals surface area (Å²) in [5.41, 5.74) is 0. The lowest BCUT2D eigenvalue weighted by Crippen LogP contribution is -2.51. The van der Waals surface area contributed by atoms with E-state index in [1.54, 1.807) is 0 Å². The lowest BCUT2D eigenvalue weighted by atomic mass is 10.3. The molecule has 150 valence electrons. The topological polar surface area (TPSA) is 66.9 Å². The summed E-state index contributed by atoms with van der Waals surface area (Å²) < 4.78 is 45.0. The summed E-state index contributed by atoms with van der Waals surface area (Å²) in [6.45, 7) is 0.565. The number of hydrogen-bond donors (Lipinski definition) is 0. The van der Waals surface area contributed by atoms with Gasteiger partial charge in [-0.1, -0.05) is 23.2 Å². The van der Waals surface area contributed by atoms with Gasteiger partial charge in [0.2, 0.25) is 10.0 Å². The zero-order valence-corrected chi connectivity index (χ0v) is 17.0. The molecule has 0 bridgehead atoms. The number of benzene rings is 2. The van der Waals surface area contributed by atoms with Gasteiger partial charge in [-0.05, 0) is 42.5 Å². The second-order valence-electron chi connectivity index (χ2n) is 6.10. The third kappa shape index (κ3) is 4.75. The van der Waals surface area contributed by atoms with Crippen LogP contribution in [-0.2, 0) is 14.8 Å². The summed E-state index contributed by atoms with van der Waals surface area (Å²) >= 11 is 11.7. The number of rotatable bonds is 5. The normalized spacial score (nSPS) is 15.5. The first-order chi connectivity index (χ1) is 13.3. The van der Waals surface area contributed by atoms with Crippen molar-refractivity contribution in [3.05, 3.63) is 58.3 Å². The maximum Gasteiger partial charge on any atom is 0.260 e. The molecule has 28 heavy (non-hydrogen) atoms. The van der Waals surface area contributed by atoms with E-state index >= 15 is 0 Å². The van der Waals surface area contributed by atoms with E-state index in [1.165, 1.54) is 45.6 Å². The molecule has 1 aliphatic rings. The van der Waals surface area contributed by atoms with E-state index in [1.807, 2.05) is 0 Å². The molecule has 2 aromatic carbocycles. The van der Waals surface area contributed by atoms with Gasteiger partial charge < -0.3 is 9.64 Å². The fourth-order valence-corrected chi connectivity index (χ4v) is 4.53. The summed E-state index contributed by atoms with van der Waals surface area (Å²) in [6, 6.07) is 9.58.